The van der Waals surface area contributed by atoms with E-state index in [4.69, 9.17) is 0 Å². The number of rotatable bonds is 4. The molecule has 2 aromatic rings. The summed E-state index contributed by atoms with van der Waals surface area (Å²) < 4.78 is 1.85. The third-order valence-electron chi connectivity index (χ3n) is 3.95. The van der Waals surface area contributed by atoms with E-state index >= 15 is 0 Å². The number of carbonyl (C=O) groups excluding carboxylic acids is 1. The lowest BCUT2D eigenvalue weighted by molar-refractivity contribution is 0.0677. The molecular formula is C16H19N3O2. The molecule has 1 fully saturated rings. The number of benzene rings is 1. The van der Waals surface area contributed by atoms with Gasteiger partial charge in [0.05, 0.1) is 19.2 Å². The third-order valence-corrected chi connectivity index (χ3v) is 3.95. The van der Waals surface area contributed by atoms with Gasteiger partial charge in [0.2, 0.25) is 0 Å². The zero-order valence-corrected chi connectivity index (χ0v) is 11.9. The van der Waals surface area contributed by atoms with Gasteiger partial charge in [-0.2, -0.15) is 5.10 Å². The number of hydrogen-bond acceptors (Lipinski definition) is 3. The van der Waals surface area contributed by atoms with E-state index in [1.165, 1.54) is 0 Å². The Bertz CT molecular complexity index is 592. The SMILES string of the molecule is O=C(c1ccc(Cn2cccn2)cc1)N1CCC[C@@H]1CO. The van der Waals surface area contributed by atoms with Gasteiger partial charge in [-0.1, -0.05) is 12.1 Å². The van der Waals surface area contributed by atoms with Gasteiger partial charge in [-0.25, -0.2) is 0 Å². The second kappa shape index (κ2) is 6.10. The quantitative estimate of drug-likeness (QED) is 0.926. The Balaban J connectivity index is 1.70. The highest BCUT2D eigenvalue weighted by Crippen LogP contribution is 2.20. The van der Waals surface area contributed by atoms with Crippen LogP contribution in [0.1, 0.15) is 28.8 Å². The maximum atomic E-state index is 12.4. The Morgan fingerprint density at radius 1 is 1.33 bits per heavy atom. The van der Waals surface area contributed by atoms with Crippen molar-refractivity contribution >= 4 is 5.91 Å². The van der Waals surface area contributed by atoms with Gasteiger partial charge in [-0.15, -0.1) is 0 Å². The van der Waals surface area contributed by atoms with E-state index in [0.29, 0.717) is 12.1 Å². The number of hydrogen-bond donors (Lipinski definition) is 1. The van der Waals surface area contributed by atoms with Crippen molar-refractivity contribution < 1.29 is 9.90 Å². The standard InChI is InChI=1S/C16H19N3O2/c20-12-15-3-1-10-19(15)16(21)14-6-4-13(5-7-14)11-18-9-2-8-17-18/h2,4-9,15,20H,1,3,10-12H2/t15-/m1/s1. The molecule has 1 aliphatic heterocycles. The molecule has 0 spiro atoms. The largest absolute Gasteiger partial charge is 0.394 e. The van der Waals surface area contributed by atoms with Crippen LogP contribution >= 0.6 is 0 Å². The fourth-order valence-electron chi connectivity index (χ4n) is 2.79. The molecule has 0 unspecified atom stereocenters. The number of carbonyl (C=O) groups is 1. The molecule has 2 heterocycles. The minimum absolute atomic E-state index is 0.0113. The molecule has 1 amide bonds. The minimum Gasteiger partial charge on any atom is -0.394 e. The first kappa shape index (κ1) is 13.8. The molecule has 1 N–H and O–H groups in total. The zero-order valence-electron chi connectivity index (χ0n) is 11.9. The van der Waals surface area contributed by atoms with E-state index in [0.717, 1.165) is 24.9 Å². The average molecular weight is 285 g/mol. The Morgan fingerprint density at radius 3 is 2.81 bits per heavy atom. The molecule has 5 heteroatoms. The zero-order chi connectivity index (χ0) is 14.7. The van der Waals surface area contributed by atoms with Crippen LogP contribution in [0.25, 0.3) is 0 Å². The van der Waals surface area contributed by atoms with Crippen LogP contribution in [0.2, 0.25) is 0 Å². The van der Waals surface area contributed by atoms with Gasteiger partial charge in [0.1, 0.15) is 0 Å². The third kappa shape index (κ3) is 2.97. The van der Waals surface area contributed by atoms with Gasteiger partial charge in [0.15, 0.2) is 0 Å². The number of amides is 1. The molecular weight excluding hydrogens is 266 g/mol. The highest BCUT2D eigenvalue weighted by molar-refractivity contribution is 5.94. The lowest BCUT2D eigenvalue weighted by Gasteiger charge is -2.23. The first-order chi connectivity index (χ1) is 10.3. The minimum atomic E-state index is -0.0266. The molecule has 110 valence electrons. The summed E-state index contributed by atoms with van der Waals surface area (Å²) in [6, 6.07) is 9.49. The lowest BCUT2D eigenvalue weighted by atomic mass is 10.1. The molecule has 1 aliphatic rings. The predicted molar refractivity (Wildman–Crippen MR) is 78.9 cm³/mol. The van der Waals surface area contributed by atoms with Crippen molar-refractivity contribution in [3.8, 4) is 0 Å². The van der Waals surface area contributed by atoms with Gasteiger partial charge >= 0.3 is 0 Å². The molecule has 1 aromatic carbocycles. The number of aliphatic hydroxyl groups excluding tert-OH is 1. The van der Waals surface area contributed by atoms with Crippen molar-refractivity contribution in [2.45, 2.75) is 25.4 Å². The first-order valence-corrected chi connectivity index (χ1v) is 7.26. The van der Waals surface area contributed by atoms with Crippen LogP contribution < -0.4 is 0 Å². The van der Waals surface area contributed by atoms with Crippen molar-refractivity contribution in [1.29, 1.82) is 0 Å². The van der Waals surface area contributed by atoms with Crippen LogP contribution in [-0.4, -0.2) is 44.9 Å². The maximum absolute atomic E-state index is 12.4. The highest BCUT2D eigenvalue weighted by Gasteiger charge is 2.28. The van der Waals surface area contributed by atoms with E-state index in [2.05, 4.69) is 5.10 Å². The smallest absolute Gasteiger partial charge is 0.254 e. The number of likely N-dealkylation sites (tertiary alicyclic amines) is 1. The summed E-state index contributed by atoms with van der Waals surface area (Å²) in [5, 5.41) is 13.5. The molecule has 1 atom stereocenters. The molecule has 0 saturated carbocycles. The van der Waals surface area contributed by atoms with E-state index in [1.54, 1.807) is 11.1 Å². The summed E-state index contributed by atoms with van der Waals surface area (Å²) >= 11 is 0. The van der Waals surface area contributed by atoms with E-state index in [-0.39, 0.29) is 18.6 Å². The van der Waals surface area contributed by atoms with Crippen molar-refractivity contribution in [1.82, 2.24) is 14.7 Å². The summed E-state index contributed by atoms with van der Waals surface area (Å²) in [5.74, 6) is 0.0113. The van der Waals surface area contributed by atoms with Crippen LogP contribution in [0, 0.1) is 0 Å². The Labute approximate surface area is 123 Å². The average Bonchev–Trinajstić information content (AvgIpc) is 3.18. The Kier molecular flexibility index (Phi) is 4.01. The molecule has 5 nitrogen and oxygen atoms in total. The maximum Gasteiger partial charge on any atom is 0.254 e. The number of aliphatic hydroxyl groups is 1. The molecule has 0 bridgehead atoms. The predicted octanol–water partition coefficient (Wildman–Crippen LogP) is 1.53. The van der Waals surface area contributed by atoms with Crippen molar-refractivity contribution in [2.75, 3.05) is 13.2 Å². The summed E-state index contributed by atoms with van der Waals surface area (Å²) in [6.45, 7) is 1.48. The molecule has 1 aromatic heterocycles. The summed E-state index contributed by atoms with van der Waals surface area (Å²) in [6.07, 6.45) is 5.52. The molecule has 21 heavy (non-hydrogen) atoms. The van der Waals surface area contributed by atoms with Crippen molar-refractivity contribution in [3.05, 3.63) is 53.9 Å². The van der Waals surface area contributed by atoms with Crippen molar-refractivity contribution in [2.24, 2.45) is 0 Å². The first-order valence-electron chi connectivity index (χ1n) is 7.26. The Hall–Kier alpha value is -2.14. The van der Waals surface area contributed by atoms with Crippen LogP contribution in [0.5, 0.6) is 0 Å². The van der Waals surface area contributed by atoms with E-state index in [9.17, 15) is 9.90 Å². The Morgan fingerprint density at radius 2 is 2.14 bits per heavy atom. The van der Waals surface area contributed by atoms with Crippen LogP contribution in [0.3, 0.4) is 0 Å². The normalized spacial score (nSPS) is 18.1. The van der Waals surface area contributed by atoms with E-state index in [1.807, 2.05) is 41.2 Å². The van der Waals surface area contributed by atoms with Gasteiger partial charge in [0, 0.05) is 24.5 Å². The summed E-state index contributed by atoms with van der Waals surface area (Å²) in [5.41, 5.74) is 1.79. The van der Waals surface area contributed by atoms with Crippen LogP contribution in [0.15, 0.2) is 42.7 Å². The van der Waals surface area contributed by atoms with Gasteiger partial charge in [0.25, 0.3) is 5.91 Å². The number of aromatic nitrogens is 2. The lowest BCUT2D eigenvalue weighted by Crippen LogP contribution is -2.37. The fraction of sp³-hybridized carbons (Fsp3) is 0.375. The fourth-order valence-corrected chi connectivity index (χ4v) is 2.79. The number of nitrogens with zero attached hydrogens (tertiary/aromatic N) is 3. The van der Waals surface area contributed by atoms with E-state index < -0.39 is 0 Å². The van der Waals surface area contributed by atoms with Gasteiger partial charge < -0.3 is 10.0 Å². The van der Waals surface area contributed by atoms with Crippen LogP contribution in [-0.2, 0) is 6.54 Å². The van der Waals surface area contributed by atoms with Crippen LogP contribution in [0.4, 0.5) is 0 Å². The van der Waals surface area contributed by atoms with Gasteiger partial charge in [-0.3, -0.25) is 9.48 Å². The summed E-state index contributed by atoms with van der Waals surface area (Å²) in [4.78, 5) is 14.2. The van der Waals surface area contributed by atoms with Gasteiger partial charge in [-0.05, 0) is 36.6 Å². The van der Waals surface area contributed by atoms with Crippen molar-refractivity contribution in [3.63, 3.8) is 0 Å². The second-order valence-electron chi connectivity index (χ2n) is 5.38. The summed E-state index contributed by atoms with van der Waals surface area (Å²) in [7, 11) is 0. The second-order valence-corrected chi connectivity index (χ2v) is 5.38. The topological polar surface area (TPSA) is 58.4 Å². The molecule has 0 aliphatic carbocycles. The highest BCUT2D eigenvalue weighted by atomic mass is 16.3. The molecule has 0 radical (unpaired) electrons. The molecule has 1 saturated heterocycles. The monoisotopic (exact) mass is 285 g/mol. The molecule has 3 rings (SSSR count).